The van der Waals surface area contributed by atoms with E-state index in [1.54, 1.807) is 6.07 Å². The van der Waals surface area contributed by atoms with Crippen LogP contribution < -0.4 is 4.90 Å². The molecule has 0 spiro atoms. The largest absolute Gasteiger partial charge is 0.367 e. The first-order chi connectivity index (χ1) is 8.99. The summed E-state index contributed by atoms with van der Waals surface area (Å²) in [4.78, 5) is 4.61. The molecule has 0 N–H and O–H groups in total. The molecular formula is C16H25FN2. The number of halogens is 1. The highest BCUT2D eigenvalue weighted by Crippen LogP contribution is 2.25. The molecule has 19 heavy (non-hydrogen) atoms. The van der Waals surface area contributed by atoms with Crippen LogP contribution >= 0.6 is 0 Å². The molecular weight excluding hydrogens is 239 g/mol. The highest BCUT2D eigenvalue weighted by molar-refractivity contribution is 5.50. The zero-order valence-electron chi connectivity index (χ0n) is 12.5. The molecule has 0 atom stereocenters. The Labute approximate surface area is 116 Å². The smallest absolute Gasteiger partial charge is 0.146 e. The molecule has 0 saturated carbocycles. The van der Waals surface area contributed by atoms with Gasteiger partial charge in [-0.3, -0.25) is 4.90 Å². The summed E-state index contributed by atoms with van der Waals surface area (Å²) in [5, 5.41) is 0. The Morgan fingerprint density at radius 2 is 1.63 bits per heavy atom. The third-order valence-corrected chi connectivity index (χ3v) is 4.02. The standard InChI is InChI=1S/C16H25FN2/c1-12(2)14-5-6-16(15(17)11-14)19-9-7-18(8-10-19)13(3)4/h5-6,11-13H,7-10H2,1-4H3. The van der Waals surface area contributed by atoms with Crippen molar-refractivity contribution in [1.29, 1.82) is 0 Å². The van der Waals surface area contributed by atoms with Crippen molar-refractivity contribution in [2.75, 3.05) is 31.1 Å². The van der Waals surface area contributed by atoms with E-state index in [1.165, 1.54) is 0 Å². The Hall–Kier alpha value is -1.09. The minimum absolute atomic E-state index is 0.0794. The summed E-state index contributed by atoms with van der Waals surface area (Å²) in [6.07, 6.45) is 0. The van der Waals surface area contributed by atoms with Crippen LogP contribution in [-0.2, 0) is 0 Å². The maximum atomic E-state index is 14.2. The maximum absolute atomic E-state index is 14.2. The third kappa shape index (κ3) is 3.27. The summed E-state index contributed by atoms with van der Waals surface area (Å²) >= 11 is 0. The first-order valence-corrected chi connectivity index (χ1v) is 7.27. The second-order valence-electron chi connectivity index (χ2n) is 5.98. The summed E-state index contributed by atoms with van der Waals surface area (Å²) in [5.74, 6) is 0.297. The van der Waals surface area contributed by atoms with Gasteiger partial charge in [0.1, 0.15) is 5.82 Å². The van der Waals surface area contributed by atoms with Crippen LogP contribution in [0.3, 0.4) is 0 Å². The van der Waals surface area contributed by atoms with Crippen LogP contribution in [-0.4, -0.2) is 37.1 Å². The molecule has 1 heterocycles. The predicted octanol–water partition coefficient (Wildman–Crippen LogP) is 3.48. The number of piperazine rings is 1. The molecule has 106 valence electrons. The van der Waals surface area contributed by atoms with Crippen molar-refractivity contribution in [2.24, 2.45) is 0 Å². The highest BCUT2D eigenvalue weighted by atomic mass is 19.1. The quantitative estimate of drug-likeness (QED) is 0.824. The summed E-state index contributed by atoms with van der Waals surface area (Å²) in [6, 6.07) is 6.26. The van der Waals surface area contributed by atoms with E-state index >= 15 is 0 Å². The topological polar surface area (TPSA) is 6.48 Å². The molecule has 1 aromatic carbocycles. The SMILES string of the molecule is CC(C)c1ccc(N2CCN(C(C)C)CC2)c(F)c1. The number of nitrogens with zero attached hydrogens (tertiary/aromatic N) is 2. The van der Waals surface area contributed by atoms with Gasteiger partial charge >= 0.3 is 0 Å². The van der Waals surface area contributed by atoms with Gasteiger partial charge in [0.25, 0.3) is 0 Å². The van der Waals surface area contributed by atoms with E-state index in [2.05, 4.69) is 43.6 Å². The summed E-state index contributed by atoms with van der Waals surface area (Å²) < 4.78 is 14.2. The molecule has 1 saturated heterocycles. The molecule has 0 aliphatic carbocycles. The van der Waals surface area contributed by atoms with Gasteiger partial charge in [-0.25, -0.2) is 4.39 Å². The van der Waals surface area contributed by atoms with Crippen molar-refractivity contribution >= 4 is 5.69 Å². The third-order valence-electron chi connectivity index (χ3n) is 4.02. The van der Waals surface area contributed by atoms with Crippen LogP contribution in [0.5, 0.6) is 0 Å². The van der Waals surface area contributed by atoms with Crippen molar-refractivity contribution in [3.63, 3.8) is 0 Å². The van der Waals surface area contributed by atoms with Gasteiger partial charge < -0.3 is 4.90 Å². The second-order valence-corrected chi connectivity index (χ2v) is 5.98. The van der Waals surface area contributed by atoms with Crippen LogP contribution in [0, 0.1) is 5.82 Å². The van der Waals surface area contributed by atoms with Gasteiger partial charge in [-0.2, -0.15) is 0 Å². The first kappa shape index (κ1) is 14.3. The minimum atomic E-state index is -0.0794. The maximum Gasteiger partial charge on any atom is 0.146 e. The molecule has 0 bridgehead atoms. The molecule has 3 heteroatoms. The molecule has 1 aliphatic rings. The van der Waals surface area contributed by atoms with E-state index in [0.717, 1.165) is 37.4 Å². The number of benzene rings is 1. The second kappa shape index (κ2) is 5.91. The lowest BCUT2D eigenvalue weighted by molar-refractivity contribution is 0.209. The van der Waals surface area contributed by atoms with E-state index in [0.29, 0.717) is 12.0 Å². The van der Waals surface area contributed by atoms with Gasteiger partial charge in [-0.15, -0.1) is 0 Å². The Morgan fingerprint density at radius 3 is 2.11 bits per heavy atom. The summed E-state index contributed by atoms with van der Waals surface area (Å²) in [5.41, 5.74) is 1.83. The van der Waals surface area contributed by atoms with Crippen molar-refractivity contribution < 1.29 is 4.39 Å². The zero-order chi connectivity index (χ0) is 14.0. The molecule has 1 fully saturated rings. The van der Waals surface area contributed by atoms with Crippen LogP contribution in [0.15, 0.2) is 18.2 Å². The number of hydrogen-bond acceptors (Lipinski definition) is 2. The fourth-order valence-corrected chi connectivity index (χ4v) is 2.62. The first-order valence-electron chi connectivity index (χ1n) is 7.27. The Morgan fingerprint density at radius 1 is 1.00 bits per heavy atom. The Kier molecular flexibility index (Phi) is 4.46. The number of rotatable bonds is 3. The van der Waals surface area contributed by atoms with E-state index in [1.807, 2.05) is 6.07 Å². The van der Waals surface area contributed by atoms with E-state index < -0.39 is 0 Å². The average molecular weight is 264 g/mol. The van der Waals surface area contributed by atoms with Crippen LogP contribution in [0.2, 0.25) is 0 Å². The zero-order valence-corrected chi connectivity index (χ0v) is 12.5. The highest BCUT2D eigenvalue weighted by Gasteiger charge is 2.21. The van der Waals surface area contributed by atoms with Gasteiger partial charge in [0.2, 0.25) is 0 Å². The summed E-state index contributed by atoms with van der Waals surface area (Å²) in [6.45, 7) is 12.5. The normalized spacial score (nSPS) is 17.5. The Balaban J connectivity index is 2.07. The van der Waals surface area contributed by atoms with E-state index in [9.17, 15) is 4.39 Å². The van der Waals surface area contributed by atoms with E-state index in [-0.39, 0.29) is 5.82 Å². The lowest BCUT2D eigenvalue weighted by Crippen LogP contribution is -2.49. The lowest BCUT2D eigenvalue weighted by atomic mass is 10.0. The van der Waals surface area contributed by atoms with Gasteiger partial charge in [0, 0.05) is 32.2 Å². The average Bonchev–Trinajstić information content (AvgIpc) is 2.38. The molecule has 1 aromatic rings. The van der Waals surface area contributed by atoms with Crippen LogP contribution in [0.1, 0.15) is 39.2 Å². The predicted molar refractivity (Wildman–Crippen MR) is 79.4 cm³/mol. The van der Waals surface area contributed by atoms with Crippen LogP contribution in [0.4, 0.5) is 10.1 Å². The van der Waals surface area contributed by atoms with Gasteiger partial charge in [-0.05, 0) is 37.5 Å². The van der Waals surface area contributed by atoms with Crippen molar-refractivity contribution in [3.05, 3.63) is 29.6 Å². The summed E-state index contributed by atoms with van der Waals surface area (Å²) in [7, 11) is 0. The lowest BCUT2D eigenvalue weighted by Gasteiger charge is -2.38. The van der Waals surface area contributed by atoms with Crippen molar-refractivity contribution in [1.82, 2.24) is 4.90 Å². The fourth-order valence-electron chi connectivity index (χ4n) is 2.62. The molecule has 2 nitrogen and oxygen atoms in total. The molecule has 0 unspecified atom stereocenters. The number of hydrogen-bond donors (Lipinski definition) is 0. The number of anilines is 1. The minimum Gasteiger partial charge on any atom is -0.367 e. The van der Waals surface area contributed by atoms with Gasteiger partial charge in [-0.1, -0.05) is 19.9 Å². The van der Waals surface area contributed by atoms with Gasteiger partial charge in [0.05, 0.1) is 5.69 Å². The molecule has 0 radical (unpaired) electrons. The Bertz CT molecular complexity index is 421. The van der Waals surface area contributed by atoms with Crippen molar-refractivity contribution in [2.45, 2.75) is 39.7 Å². The monoisotopic (exact) mass is 264 g/mol. The molecule has 0 amide bonds. The fraction of sp³-hybridized carbons (Fsp3) is 0.625. The van der Waals surface area contributed by atoms with Crippen molar-refractivity contribution in [3.8, 4) is 0 Å². The van der Waals surface area contributed by atoms with Crippen LogP contribution in [0.25, 0.3) is 0 Å². The molecule has 2 rings (SSSR count). The molecule has 0 aromatic heterocycles. The van der Waals surface area contributed by atoms with E-state index in [4.69, 9.17) is 0 Å². The van der Waals surface area contributed by atoms with Gasteiger partial charge in [0.15, 0.2) is 0 Å². The molecule has 1 aliphatic heterocycles.